The van der Waals surface area contributed by atoms with E-state index in [1.54, 1.807) is 6.92 Å². The van der Waals surface area contributed by atoms with E-state index in [9.17, 15) is 19.5 Å². The lowest BCUT2D eigenvalue weighted by atomic mass is 9.72. The van der Waals surface area contributed by atoms with E-state index >= 15 is 0 Å². The second-order valence-corrected chi connectivity index (χ2v) is 11.1. The third-order valence-corrected chi connectivity index (χ3v) is 8.41. The molecule has 1 aromatic rings. The smallest absolute Gasteiger partial charge is 0.341 e. The summed E-state index contributed by atoms with van der Waals surface area (Å²) < 4.78 is 5.30. The number of allylic oxidation sites excluding steroid dienone is 2. The lowest BCUT2D eigenvalue weighted by Crippen LogP contribution is -2.42. The van der Waals surface area contributed by atoms with Crippen molar-refractivity contribution in [3.8, 4) is 0 Å². The van der Waals surface area contributed by atoms with Gasteiger partial charge in [-0.2, -0.15) is 0 Å². The van der Waals surface area contributed by atoms with Crippen LogP contribution < -0.4 is 10.4 Å². The Labute approximate surface area is 187 Å². The fourth-order valence-corrected chi connectivity index (χ4v) is 6.85. The molecule has 1 heterocycles. The molecule has 1 saturated carbocycles. The van der Waals surface area contributed by atoms with Gasteiger partial charge in [0.05, 0.1) is 18.1 Å². The maximum absolute atomic E-state index is 13.2. The molecule has 0 aromatic carbocycles. The molecule has 0 radical (unpaired) electrons. The van der Waals surface area contributed by atoms with Gasteiger partial charge in [0.25, 0.3) is 0 Å². The third-order valence-electron chi connectivity index (χ3n) is 7.24. The van der Waals surface area contributed by atoms with Crippen molar-refractivity contribution in [2.75, 3.05) is 11.9 Å². The number of aliphatic carboxylic acids is 1. The Morgan fingerprint density at radius 2 is 1.87 bits per heavy atom. The minimum absolute atomic E-state index is 0.0983. The van der Waals surface area contributed by atoms with E-state index in [2.05, 4.69) is 26.1 Å². The number of thiophene rings is 1. The molecule has 1 amide bonds. The van der Waals surface area contributed by atoms with Crippen molar-refractivity contribution < 1.29 is 24.2 Å². The predicted octanol–water partition coefficient (Wildman–Crippen LogP) is 3.20. The van der Waals surface area contributed by atoms with Crippen LogP contribution >= 0.6 is 11.3 Å². The highest BCUT2D eigenvalue weighted by Gasteiger charge is 2.49. The van der Waals surface area contributed by atoms with Crippen molar-refractivity contribution in [1.29, 1.82) is 0 Å². The quantitative estimate of drug-likeness (QED) is 0.556. The van der Waals surface area contributed by atoms with Gasteiger partial charge in [-0.15, -0.1) is 11.3 Å². The molecule has 7 heteroatoms. The van der Waals surface area contributed by atoms with Crippen molar-refractivity contribution in [1.82, 2.24) is 0 Å². The van der Waals surface area contributed by atoms with E-state index in [4.69, 9.17) is 4.74 Å². The van der Waals surface area contributed by atoms with E-state index in [-0.39, 0.29) is 29.8 Å². The van der Waals surface area contributed by atoms with Gasteiger partial charge in [0.2, 0.25) is 5.91 Å². The fraction of sp³-hybridized carbons (Fsp3) is 0.625. The number of hydrogen-bond acceptors (Lipinski definition) is 6. The van der Waals surface area contributed by atoms with E-state index in [1.807, 2.05) is 12.2 Å². The minimum atomic E-state index is -1.18. The Bertz CT molecular complexity index is 941. The Balaban J connectivity index is 1.64. The van der Waals surface area contributed by atoms with Crippen molar-refractivity contribution in [3.63, 3.8) is 0 Å². The number of hydrogen-bond donors (Lipinski definition) is 1. The van der Waals surface area contributed by atoms with E-state index in [1.165, 1.54) is 11.3 Å². The van der Waals surface area contributed by atoms with Crippen LogP contribution in [0, 0.1) is 35.0 Å². The number of nitrogens with one attached hydrogen (secondary N) is 1. The maximum Gasteiger partial charge on any atom is 0.341 e. The number of carbonyl (C=O) groups excluding carboxylic acids is 3. The minimum Gasteiger partial charge on any atom is -0.550 e. The van der Waals surface area contributed by atoms with Crippen LogP contribution in [0.5, 0.6) is 0 Å². The summed E-state index contributed by atoms with van der Waals surface area (Å²) in [5.74, 6) is -3.19. The van der Waals surface area contributed by atoms with Crippen LogP contribution in [0.1, 0.15) is 61.3 Å². The summed E-state index contributed by atoms with van der Waals surface area (Å²) >= 11 is 1.44. The summed E-state index contributed by atoms with van der Waals surface area (Å²) in [6.07, 6.45) is 7.11. The lowest BCUT2D eigenvalue weighted by molar-refractivity contribution is -0.313. The lowest BCUT2D eigenvalue weighted by Gasteiger charge is -2.33. The number of amides is 1. The van der Waals surface area contributed by atoms with Gasteiger partial charge in [0.15, 0.2) is 0 Å². The van der Waals surface area contributed by atoms with Crippen LogP contribution in [-0.4, -0.2) is 24.5 Å². The number of carbonyl (C=O) groups is 3. The molecular formula is C24H30NO5S-. The summed E-state index contributed by atoms with van der Waals surface area (Å²) in [4.78, 5) is 38.8. The third kappa shape index (κ3) is 3.93. The Morgan fingerprint density at radius 3 is 2.48 bits per heavy atom. The zero-order valence-electron chi connectivity index (χ0n) is 18.5. The Hall–Kier alpha value is -2.15. The molecule has 1 N–H and O–H groups in total. The number of esters is 1. The molecule has 0 spiro atoms. The molecule has 4 rings (SSSR count). The van der Waals surface area contributed by atoms with Crippen LogP contribution in [0.25, 0.3) is 0 Å². The van der Waals surface area contributed by atoms with Crippen molar-refractivity contribution in [2.45, 2.75) is 53.4 Å². The van der Waals surface area contributed by atoms with E-state index in [0.717, 1.165) is 29.7 Å². The normalized spacial score (nSPS) is 29.0. The molecule has 168 valence electrons. The van der Waals surface area contributed by atoms with Crippen molar-refractivity contribution in [3.05, 3.63) is 28.2 Å². The van der Waals surface area contributed by atoms with Gasteiger partial charge in [-0.1, -0.05) is 32.9 Å². The van der Waals surface area contributed by atoms with Gasteiger partial charge >= 0.3 is 5.97 Å². The predicted molar refractivity (Wildman–Crippen MR) is 117 cm³/mol. The molecular weight excluding hydrogens is 414 g/mol. The fourth-order valence-electron chi connectivity index (χ4n) is 5.53. The number of anilines is 1. The molecule has 5 atom stereocenters. The second kappa shape index (κ2) is 8.08. The Kier molecular flexibility index (Phi) is 5.75. The average molecular weight is 445 g/mol. The second-order valence-electron chi connectivity index (χ2n) is 10.0. The molecule has 3 aliphatic carbocycles. The average Bonchev–Trinajstić information content (AvgIpc) is 3.38. The first-order valence-electron chi connectivity index (χ1n) is 11.1. The van der Waals surface area contributed by atoms with Crippen LogP contribution in [0.2, 0.25) is 0 Å². The maximum atomic E-state index is 13.2. The Morgan fingerprint density at radius 1 is 1.19 bits per heavy atom. The first-order valence-corrected chi connectivity index (χ1v) is 11.9. The molecule has 0 aliphatic heterocycles. The van der Waals surface area contributed by atoms with E-state index < -0.39 is 23.8 Å². The molecule has 1 fully saturated rings. The monoisotopic (exact) mass is 444 g/mol. The summed E-state index contributed by atoms with van der Waals surface area (Å²) in [6, 6.07) is 0. The number of rotatable bonds is 5. The molecule has 1 aromatic heterocycles. The van der Waals surface area contributed by atoms with Crippen LogP contribution in [0.3, 0.4) is 0 Å². The summed E-state index contributed by atoms with van der Waals surface area (Å²) in [6.45, 7) is 8.71. The van der Waals surface area contributed by atoms with Gasteiger partial charge in [0.1, 0.15) is 5.00 Å². The number of fused-ring (bicyclic) bond motifs is 3. The van der Waals surface area contributed by atoms with Gasteiger partial charge < -0.3 is 20.0 Å². The van der Waals surface area contributed by atoms with Crippen LogP contribution in [0.15, 0.2) is 12.2 Å². The van der Waals surface area contributed by atoms with Crippen LogP contribution in [0.4, 0.5) is 5.00 Å². The summed E-state index contributed by atoms with van der Waals surface area (Å²) in [5.41, 5.74) is 1.58. The zero-order chi connectivity index (χ0) is 22.5. The summed E-state index contributed by atoms with van der Waals surface area (Å²) in [5, 5.41) is 15.1. The van der Waals surface area contributed by atoms with Gasteiger partial charge in [-0.25, -0.2) is 4.79 Å². The highest BCUT2D eigenvalue weighted by molar-refractivity contribution is 7.17. The van der Waals surface area contributed by atoms with Crippen molar-refractivity contribution >= 4 is 34.2 Å². The SMILES string of the molecule is CCOC(=O)c1c(NC(=O)[C@@H]2[C@@H](C(=O)[O-])[C@@H]3C=C[C@@H]2C3)sc2c1CC[C@@H](C(C)(C)C)C2. The molecule has 31 heavy (non-hydrogen) atoms. The number of carboxylic acid groups (broad SMARTS) is 1. The molecule has 6 nitrogen and oxygen atoms in total. The largest absolute Gasteiger partial charge is 0.550 e. The van der Waals surface area contributed by atoms with Gasteiger partial charge in [-0.05, 0) is 61.3 Å². The van der Waals surface area contributed by atoms with Crippen LogP contribution in [-0.2, 0) is 27.2 Å². The number of carboxylic acids is 1. The van der Waals surface area contributed by atoms with Gasteiger partial charge in [0, 0.05) is 16.8 Å². The molecule has 0 unspecified atom stereocenters. The highest BCUT2D eigenvalue weighted by Crippen LogP contribution is 2.49. The standard InChI is InChI=1S/C24H31NO5S/c1-5-30-23(29)19-15-9-8-14(24(2,3)4)11-16(15)31-21(19)25-20(26)17-12-6-7-13(10-12)18(17)22(27)28/h6-7,12-14,17-18H,5,8-11H2,1-4H3,(H,25,26)(H,27,28)/p-1/t12-,13-,14-,17+,18+/m1/s1. The van der Waals surface area contributed by atoms with Gasteiger partial charge in [-0.3, -0.25) is 4.79 Å². The first kappa shape index (κ1) is 22.1. The first-order chi connectivity index (χ1) is 14.6. The highest BCUT2D eigenvalue weighted by atomic mass is 32.1. The van der Waals surface area contributed by atoms with Crippen molar-refractivity contribution in [2.24, 2.45) is 35.0 Å². The summed E-state index contributed by atoms with van der Waals surface area (Å²) in [7, 11) is 0. The number of ether oxygens (including phenoxy) is 1. The van der Waals surface area contributed by atoms with E-state index in [0.29, 0.717) is 22.9 Å². The molecule has 0 saturated heterocycles. The topological polar surface area (TPSA) is 95.5 Å². The zero-order valence-corrected chi connectivity index (χ0v) is 19.3. The molecule has 2 bridgehead atoms. The molecule has 3 aliphatic rings.